The third-order valence-electron chi connectivity index (χ3n) is 2.82. The predicted molar refractivity (Wildman–Crippen MR) is 70.4 cm³/mol. The summed E-state index contributed by atoms with van der Waals surface area (Å²) in [5.74, 6) is -0.712. The van der Waals surface area contributed by atoms with E-state index >= 15 is 0 Å². The zero-order valence-electron chi connectivity index (χ0n) is 8.16. The van der Waals surface area contributed by atoms with Crippen LogP contribution in [0.5, 0.6) is 0 Å². The highest BCUT2D eigenvalue weighted by Gasteiger charge is 2.76. The van der Waals surface area contributed by atoms with Gasteiger partial charge in [-0.05, 0) is 6.08 Å². The van der Waals surface area contributed by atoms with Crippen LogP contribution in [0.15, 0.2) is 21.7 Å². The molecule has 2 rings (SSSR count). The molecule has 0 aromatic heterocycles. The number of ether oxygens (including phenoxy) is 1. The van der Waals surface area contributed by atoms with Crippen molar-refractivity contribution in [2.24, 2.45) is 0 Å². The van der Waals surface area contributed by atoms with Gasteiger partial charge in [0, 0.05) is 0 Å². The van der Waals surface area contributed by atoms with Crippen LogP contribution in [0.1, 0.15) is 0 Å². The number of hydrogen-bond donors (Lipinski definition) is 0. The highest BCUT2D eigenvalue weighted by Crippen LogP contribution is 2.71. The fourth-order valence-electron chi connectivity index (χ4n) is 1.89. The zero-order chi connectivity index (χ0) is 13.2. The van der Waals surface area contributed by atoms with E-state index in [0.29, 0.717) is 0 Å². The van der Waals surface area contributed by atoms with Crippen molar-refractivity contribution in [2.45, 2.75) is 14.1 Å². The SMILES string of the molecule is COC(=O)C1=CC2(Cl)C(Cl)=C(Cl)C1(Cl)C2(Cl)Cl. The number of alkyl halides is 4. The van der Waals surface area contributed by atoms with E-state index in [9.17, 15) is 4.79 Å². The summed E-state index contributed by atoms with van der Waals surface area (Å²) in [6.45, 7) is 0. The average molecular weight is 357 g/mol. The van der Waals surface area contributed by atoms with Crippen molar-refractivity contribution < 1.29 is 9.53 Å². The molecule has 2 aliphatic rings. The summed E-state index contributed by atoms with van der Waals surface area (Å²) in [5, 5.41) is -0.0581. The first-order valence-electron chi connectivity index (χ1n) is 4.28. The molecule has 0 spiro atoms. The molecule has 0 saturated heterocycles. The van der Waals surface area contributed by atoms with Crippen LogP contribution in [-0.2, 0) is 9.53 Å². The van der Waals surface area contributed by atoms with Crippen molar-refractivity contribution in [3.8, 4) is 0 Å². The maximum atomic E-state index is 11.6. The molecule has 94 valence electrons. The lowest BCUT2D eigenvalue weighted by Crippen LogP contribution is -2.45. The molecular formula is C9H4Cl6O2. The molecule has 0 saturated carbocycles. The summed E-state index contributed by atoms with van der Waals surface area (Å²) < 4.78 is 2.82. The third-order valence-corrected chi connectivity index (χ3v) is 6.88. The van der Waals surface area contributed by atoms with Crippen molar-refractivity contribution >= 4 is 75.6 Å². The molecule has 0 amide bonds. The molecule has 2 unspecified atom stereocenters. The molecule has 0 N–H and O–H groups in total. The van der Waals surface area contributed by atoms with Gasteiger partial charge in [0.15, 0.2) is 4.33 Å². The number of esters is 1. The maximum Gasteiger partial charge on any atom is 0.335 e. The van der Waals surface area contributed by atoms with E-state index in [2.05, 4.69) is 4.74 Å². The second-order valence-corrected chi connectivity index (χ2v) is 6.87. The van der Waals surface area contributed by atoms with Gasteiger partial charge in [-0.15, -0.1) is 23.2 Å². The quantitative estimate of drug-likeness (QED) is 0.525. The van der Waals surface area contributed by atoms with Gasteiger partial charge >= 0.3 is 5.97 Å². The predicted octanol–water partition coefficient (Wildman–Crippen LogP) is 3.93. The molecule has 0 radical (unpaired) electrons. The summed E-state index contributed by atoms with van der Waals surface area (Å²) >= 11 is 36.7. The van der Waals surface area contributed by atoms with E-state index in [4.69, 9.17) is 69.6 Å². The fourth-order valence-corrected chi connectivity index (χ4v) is 4.37. The molecule has 8 heteroatoms. The summed E-state index contributed by atoms with van der Waals surface area (Å²) in [7, 11) is 1.19. The van der Waals surface area contributed by atoms with Crippen LogP contribution in [0.4, 0.5) is 0 Å². The molecule has 0 fully saturated rings. The summed E-state index contributed by atoms with van der Waals surface area (Å²) in [4.78, 5) is 8.40. The number of fused-ring (bicyclic) bond motifs is 2. The average Bonchev–Trinajstić information content (AvgIpc) is 2.49. The number of carbonyl (C=O) groups is 1. The Kier molecular flexibility index (Phi) is 3.19. The van der Waals surface area contributed by atoms with Crippen LogP contribution in [-0.4, -0.2) is 27.2 Å². The molecule has 2 bridgehead atoms. The Morgan fingerprint density at radius 2 is 1.71 bits per heavy atom. The molecule has 2 aliphatic carbocycles. The molecule has 2 nitrogen and oxygen atoms in total. The van der Waals surface area contributed by atoms with Gasteiger partial charge in [-0.2, -0.15) is 0 Å². The number of carbonyl (C=O) groups excluding carboxylic acids is 1. The Bertz CT molecular complexity index is 482. The van der Waals surface area contributed by atoms with Crippen molar-refractivity contribution in [3.05, 3.63) is 21.7 Å². The first-order chi connectivity index (χ1) is 7.64. The number of allylic oxidation sites excluding steroid dienone is 3. The second kappa shape index (κ2) is 3.84. The molecule has 2 atom stereocenters. The van der Waals surface area contributed by atoms with Gasteiger partial charge in [-0.3, -0.25) is 0 Å². The topological polar surface area (TPSA) is 26.3 Å². The van der Waals surface area contributed by atoms with Gasteiger partial charge in [-0.1, -0.05) is 46.4 Å². The Morgan fingerprint density at radius 3 is 2.06 bits per heavy atom. The Hall–Kier alpha value is 0.690. The normalized spacial score (nSPS) is 38.4. The van der Waals surface area contributed by atoms with Gasteiger partial charge in [0.2, 0.25) is 0 Å². The number of hydrogen-bond acceptors (Lipinski definition) is 2. The van der Waals surface area contributed by atoms with E-state index in [-0.39, 0.29) is 15.6 Å². The number of rotatable bonds is 1. The molecule has 0 aromatic carbocycles. The monoisotopic (exact) mass is 354 g/mol. The highest BCUT2D eigenvalue weighted by atomic mass is 35.5. The van der Waals surface area contributed by atoms with Gasteiger partial charge < -0.3 is 4.74 Å². The Balaban J connectivity index is 2.69. The van der Waals surface area contributed by atoms with Gasteiger partial charge in [0.25, 0.3) is 0 Å². The lowest BCUT2D eigenvalue weighted by Gasteiger charge is -2.32. The molecule has 17 heavy (non-hydrogen) atoms. The van der Waals surface area contributed by atoms with Crippen LogP contribution in [0, 0.1) is 0 Å². The Labute approximate surface area is 127 Å². The fraction of sp³-hybridized carbons (Fsp3) is 0.444. The van der Waals surface area contributed by atoms with Gasteiger partial charge in [-0.25, -0.2) is 4.79 Å². The minimum Gasteiger partial charge on any atom is -0.466 e. The van der Waals surface area contributed by atoms with Crippen molar-refractivity contribution in [1.82, 2.24) is 0 Å². The van der Waals surface area contributed by atoms with E-state index in [1.54, 1.807) is 0 Å². The summed E-state index contributed by atoms with van der Waals surface area (Å²) in [6, 6.07) is 0. The molecular weight excluding hydrogens is 353 g/mol. The van der Waals surface area contributed by atoms with Gasteiger partial charge in [0.05, 0.1) is 22.7 Å². The van der Waals surface area contributed by atoms with Crippen LogP contribution >= 0.6 is 69.6 Å². The largest absolute Gasteiger partial charge is 0.466 e. The molecule has 0 aliphatic heterocycles. The Morgan fingerprint density at radius 1 is 1.18 bits per heavy atom. The van der Waals surface area contributed by atoms with E-state index in [1.165, 1.54) is 13.2 Å². The lowest BCUT2D eigenvalue weighted by molar-refractivity contribution is -0.136. The number of halogens is 6. The van der Waals surface area contributed by atoms with Crippen molar-refractivity contribution in [1.29, 1.82) is 0 Å². The summed E-state index contributed by atoms with van der Waals surface area (Å²) in [5.41, 5.74) is -0.0175. The minimum atomic E-state index is -1.76. The minimum absolute atomic E-state index is 0.00786. The van der Waals surface area contributed by atoms with Crippen molar-refractivity contribution in [3.63, 3.8) is 0 Å². The number of methoxy groups -OCH3 is 1. The van der Waals surface area contributed by atoms with Crippen LogP contribution in [0.25, 0.3) is 0 Å². The smallest absolute Gasteiger partial charge is 0.335 e. The third kappa shape index (κ3) is 1.35. The maximum absolute atomic E-state index is 11.6. The zero-order valence-corrected chi connectivity index (χ0v) is 12.7. The molecule has 0 heterocycles. The van der Waals surface area contributed by atoms with E-state index in [0.717, 1.165) is 0 Å². The molecule has 0 aromatic rings. The first kappa shape index (κ1) is 14.1. The highest BCUT2D eigenvalue weighted by molar-refractivity contribution is 6.67. The van der Waals surface area contributed by atoms with Crippen LogP contribution in [0.2, 0.25) is 0 Å². The van der Waals surface area contributed by atoms with Crippen molar-refractivity contribution in [2.75, 3.05) is 7.11 Å². The lowest BCUT2D eigenvalue weighted by atomic mass is 10.0. The van der Waals surface area contributed by atoms with E-state index in [1.807, 2.05) is 0 Å². The second-order valence-electron chi connectivity index (χ2n) is 3.62. The van der Waals surface area contributed by atoms with E-state index < -0.39 is 20.1 Å². The van der Waals surface area contributed by atoms with Gasteiger partial charge in [0.1, 0.15) is 9.75 Å². The summed E-state index contributed by atoms with van der Waals surface area (Å²) in [6.07, 6.45) is 1.28. The first-order valence-corrected chi connectivity index (χ1v) is 6.55. The van der Waals surface area contributed by atoms with Crippen LogP contribution in [0.3, 0.4) is 0 Å². The van der Waals surface area contributed by atoms with Crippen LogP contribution < -0.4 is 0 Å². The standard InChI is InChI=1S/C9H4Cl6O2/c1-17-6(16)3-2-7(12)4(10)5(11)8(3,13)9(7,14)15/h2H,1H3.